The third-order valence-corrected chi connectivity index (χ3v) is 7.20. The van der Waals surface area contributed by atoms with Gasteiger partial charge >= 0.3 is 17.9 Å². The zero-order chi connectivity index (χ0) is 31.6. The normalized spacial score (nSPS) is 10.6. The maximum Gasteiger partial charge on any atom is 0.345 e. The molecule has 0 aromatic heterocycles. The van der Waals surface area contributed by atoms with Gasteiger partial charge in [0.05, 0.1) is 29.4 Å². The third-order valence-electron chi connectivity index (χ3n) is 6.88. The quantitative estimate of drug-likeness (QED) is 0.0572. The van der Waals surface area contributed by atoms with Crippen molar-refractivity contribution in [1.82, 2.24) is 0 Å². The summed E-state index contributed by atoms with van der Waals surface area (Å²) in [5.41, 5.74) is 1.70. The summed E-state index contributed by atoms with van der Waals surface area (Å²) in [4.78, 5) is 36.4. The number of carbonyl (C=O) groups is 3. The summed E-state index contributed by atoms with van der Waals surface area (Å²) in [5.74, 6) is -0.391. The van der Waals surface area contributed by atoms with Crippen molar-refractivity contribution >= 4 is 29.5 Å². The molecule has 0 aliphatic carbocycles. The van der Waals surface area contributed by atoms with E-state index < -0.39 is 17.9 Å². The Morgan fingerprint density at radius 1 is 0.705 bits per heavy atom. The molecule has 234 valence electrons. The van der Waals surface area contributed by atoms with Gasteiger partial charge in [-0.25, -0.2) is 14.4 Å². The Bertz CT molecular complexity index is 1350. The lowest BCUT2D eigenvalue weighted by Crippen LogP contribution is -2.11. The lowest BCUT2D eigenvalue weighted by atomic mass is 10.0. The molecule has 0 aliphatic heterocycles. The number of benzene rings is 3. The van der Waals surface area contributed by atoms with Gasteiger partial charge in [0.15, 0.2) is 0 Å². The van der Waals surface area contributed by atoms with Gasteiger partial charge in [-0.2, -0.15) is 0 Å². The number of carbonyl (C=O) groups excluding carboxylic acids is 3. The molecule has 0 unspecified atom stereocenters. The van der Waals surface area contributed by atoms with Gasteiger partial charge in [-0.1, -0.05) is 75.8 Å². The summed E-state index contributed by atoms with van der Waals surface area (Å²) in [7, 11) is 0. The molecule has 0 aliphatic rings. The third kappa shape index (κ3) is 12.3. The highest BCUT2D eigenvalue weighted by atomic mass is 35.5. The van der Waals surface area contributed by atoms with E-state index in [9.17, 15) is 14.4 Å². The summed E-state index contributed by atoms with van der Waals surface area (Å²) in [6.07, 6.45) is 12.4. The van der Waals surface area contributed by atoms with Gasteiger partial charge in [0.2, 0.25) is 0 Å². The van der Waals surface area contributed by atoms with Gasteiger partial charge in [0, 0.05) is 12.1 Å². The van der Waals surface area contributed by atoms with Crippen LogP contribution in [-0.4, -0.2) is 31.1 Å². The highest BCUT2D eigenvalue weighted by Gasteiger charge is 2.16. The summed E-state index contributed by atoms with van der Waals surface area (Å²) in [6.45, 7) is 6.31. The Labute approximate surface area is 265 Å². The van der Waals surface area contributed by atoms with Crippen LogP contribution in [0, 0.1) is 0 Å². The highest BCUT2D eigenvalue weighted by molar-refractivity contribution is 6.33. The number of ether oxygens (including phenoxy) is 4. The maximum absolute atomic E-state index is 12.7. The first-order valence-electron chi connectivity index (χ1n) is 15.2. The second-order valence-corrected chi connectivity index (χ2v) is 10.8. The Morgan fingerprint density at radius 3 is 2.00 bits per heavy atom. The van der Waals surface area contributed by atoms with E-state index in [4.69, 9.17) is 30.5 Å². The minimum Gasteiger partial charge on any atom is -0.494 e. The molecular formula is C36H41ClO7. The van der Waals surface area contributed by atoms with E-state index in [2.05, 4.69) is 13.5 Å². The second kappa shape index (κ2) is 19.2. The van der Waals surface area contributed by atoms with Crippen molar-refractivity contribution in [3.8, 4) is 17.2 Å². The Morgan fingerprint density at radius 2 is 1.32 bits per heavy atom. The first-order chi connectivity index (χ1) is 21.4. The van der Waals surface area contributed by atoms with E-state index >= 15 is 0 Å². The van der Waals surface area contributed by atoms with Gasteiger partial charge in [-0.05, 0) is 79.8 Å². The lowest BCUT2D eigenvalue weighted by molar-refractivity contribution is -0.137. The Kier molecular flexibility index (Phi) is 15.0. The van der Waals surface area contributed by atoms with Crippen LogP contribution in [0.2, 0.25) is 5.02 Å². The molecule has 0 heterocycles. The smallest absolute Gasteiger partial charge is 0.345 e. The van der Waals surface area contributed by atoms with Crippen LogP contribution in [0.5, 0.6) is 17.2 Å². The van der Waals surface area contributed by atoms with Crippen LogP contribution < -0.4 is 14.2 Å². The molecule has 0 radical (unpaired) electrons. The van der Waals surface area contributed by atoms with Gasteiger partial charge in [0.1, 0.15) is 17.2 Å². The van der Waals surface area contributed by atoms with Gasteiger partial charge in [0.25, 0.3) is 0 Å². The van der Waals surface area contributed by atoms with Crippen LogP contribution >= 0.6 is 11.6 Å². The SMILES string of the molecule is C=CC(=O)OCCCCOc1ccc(C(=O)Oc2ccc(C(=O)Oc3ccc(CCCCCCCCC)cc3)c(Cl)c2)cc1. The summed E-state index contributed by atoms with van der Waals surface area (Å²) in [6, 6.07) is 18.4. The fourth-order valence-corrected chi connectivity index (χ4v) is 4.62. The molecule has 0 spiro atoms. The number of rotatable bonds is 19. The van der Waals surface area contributed by atoms with Crippen LogP contribution in [0.3, 0.4) is 0 Å². The molecule has 8 heteroatoms. The van der Waals surface area contributed by atoms with Crippen LogP contribution in [-0.2, 0) is 16.0 Å². The molecule has 0 saturated carbocycles. The Hall–Kier alpha value is -4.10. The van der Waals surface area contributed by atoms with E-state index in [1.54, 1.807) is 36.4 Å². The van der Waals surface area contributed by atoms with Crippen molar-refractivity contribution < 1.29 is 33.3 Å². The van der Waals surface area contributed by atoms with Gasteiger partial charge in [-0.15, -0.1) is 0 Å². The zero-order valence-electron chi connectivity index (χ0n) is 25.4. The molecule has 0 saturated heterocycles. The minimum atomic E-state index is -0.596. The van der Waals surface area contributed by atoms with Crippen molar-refractivity contribution in [2.24, 2.45) is 0 Å². The number of unbranched alkanes of at least 4 members (excludes halogenated alkanes) is 7. The molecule has 3 aromatic carbocycles. The van der Waals surface area contributed by atoms with Crippen molar-refractivity contribution in [3.63, 3.8) is 0 Å². The first-order valence-corrected chi connectivity index (χ1v) is 15.6. The molecule has 0 amide bonds. The standard InChI is InChI=1S/C36H41ClO7/c1-3-5-6-7-8-9-10-13-27-14-18-30(19-15-27)43-36(40)32-23-22-31(26-33(32)37)44-35(39)28-16-20-29(21-17-28)41-24-11-12-25-42-34(38)4-2/h4,14-23,26H,2-3,5-13,24-25H2,1H3. The summed E-state index contributed by atoms with van der Waals surface area (Å²) in [5, 5.41) is 0.110. The van der Waals surface area contributed by atoms with Crippen molar-refractivity contribution in [2.45, 2.75) is 71.1 Å². The summed E-state index contributed by atoms with van der Waals surface area (Å²) < 4.78 is 21.5. The van der Waals surface area contributed by atoms with E-state index in [0.717, 1.165) is 18.9 Å². The molecule has 0 atom stereocenters. The molecule has 0 bridgehead atoms. The van der Waals surface area contributed by atoms with Gasteiger partial charge in [-0.3, -0.25) is 0 Å². The number of aryl methyl sites for hydroxylation is 1. The van der Waals surface area contributed by atoms with Crippen molar-refractivity contribution in [1.29, 1.82) is 0 Å². The van der Waals surface area contributed by atoms with Crippen LogP contribution in [0.4, 0.5) is 0 Å². The van der Waals surface area contributed by atoms with E-state index in [1.807, 2.05) is 12.1 Å². The zero-order valence-corrected chi connectivity index (χ0v) is 26.1. The first kappa shape index (κ1) is 34.4. The average molecular weight is 621 g/mol. The largest absolute Gasteiger partial charge is 0.494 e. The lowest BCUT2D eigenvalue weighted by Gasteiger charge is -2.10. The second-order valence-electron chi connectivity index (χ2n) is 10.4. The Balaban J connectivity index is 1.42. The molecule has 3 rings (SSSR count). The highest BCUT2D eigenvalue weighted by Crippen LogP contribution is 2.26. The number of hydrogen-bond donors (Lipinski definition) is 0. The topological polar surface area (TPSA) is 88.1 Å². The molecular weight excluding hydrogens is 580 g/mol. The van der Waals surface area contributed by atoms with Gasteiger partial charge < -0.3 is 18.9 Å². The van der Waals surface area contributed by atoms with Crippen LogP contribution in [0.15, 0.2) is 79.4 Å². The van der Waals surface area contributed by atoms with Crippen molar-refractivity contribution in [3.05, 3.63) is 101 Å². The van der Waals surface area contributed by atoms with E-state index in [-0.39, 0.29) is 16.3 Å². The molecule has 44 heavy (non-hydrogen) atoms. The number of hydrogen-bond acceptors (Lipinski definition) is 7. The van der Waals surface area contributed by atoms with E-state index in [1.165, 1.54) is 62.3 Å². The molecule has 3 aromatic rings. The molecule has 0 N–H and O–H groups in total. The number of esters is 3. The number of halogens is 1. The minimum absolute atomic E-state index is 0.110. The predicted octanol–water partition coefficient (Wildman–Crippen LogP) is 8.96. The predicted molar refractivity (Wildman–Crippen MR) is 172 cm³/mol. The molecule has 0 fully saturated rings. The van der Waals surface area contributed by atoms with Crippen LogP contribution in [0.25, 0.3) is 0 Å². The van der Waals surface area contributed by atoms with Crippen LogP contribution in [0.1, 0.15) is 91.0 Å². The average Bonchev–Trinajstić information content (AvgIpc) is 3.03. The van der Waals surface area contributed by atoms with Crippen molar-refractivity contribution in [2.75, 3.05) is 13.2 Å². The molecule has 7 nitrogen and oxygen atoms in total. The fraction of sp³-hybridized carbons (Fsp3) is 0.361. The fourth-order valence-electron chi connectivity index (χ4n) is 4.38. The summed E-state index contributed by atoms with van der Waals surface area (Å²) >= 11 is 6.34. The van der Waals surface area contributed by atoms with E-state index in [0.29, 0.717) is 43.1 Å². The maximum atomic E-state index is 12.7. The monoisotopic (exact) mass is 620 g/mol.